The molecule has 6 N–H and O–H groups in total. The third kappa shape index (κ3) is 11.1. The lowest BCUT2D eigenvalue weighted by Crippen LogP contribution is -2.38. The predicted octanol–water partition coefficient (Wildman–Crippen LogP) is 1.89. The van der Waals surface area contributed by atoms with Gasteiger partial charge < -0.3 is 20.9 Å². The zero-order chi connectivity index (χ0) is 29.3. The van der Waals surface area contributed by atoms with Gasteiger partial charge in [-0.1, -0.05) is 26.8 Å². The van der Waals surface area contributed by atoms with E-state index in [9.17, 15) is 27.6 Å². The fraction of sp³-hybridized carbons (Fsp3) is 0.455. The van der Waals surface area contributed by atoms with E-state index in [0.717, 1.165) is 5.56 Å². The molecule has 210 valence electrons. The summed E-state index contributed by atoms with van der Waals surface area (Å²) >= 11 is 0. The van der Waals surface area contributed by atoms with E-state index in [4.69, 9.17) is 20.4 Å². The Morgan fingerprint density at radius 2 is 1.76 bits per heavy atom. The van der Waals surface area contributed by atoms with Crippen molar-refractivity contribution in [2.75, 3.05) is 17.8 Å². The molecule has 0 aliphatic heterocycles. The zero-order valence-corrected chi connectivity index (χ0v) is 21.4. The molecule has 2 aromatic heterocycles. The molecular formula is C22H30F3N7O6. The Balaban J connectivity index is 0.000000905. The van der Waals surface area contributed by atoms with E-state index in [0.29, 0.717) is 17.2 Å². The Bertz CT molecular complexity index is 1210. The van der Waals surface area contributed by atoms with Gasteiger partial charge in [-0.3, -0.25) is 19.6 Å². The molecule has 16 heteroatoms. The lowest BCUT2D eigenvalue weighted by molar-refractivity contribution is -0.192. The van der Waals surface area contributed by atoms with Crippen LogP contribution in [0.15, 0.2) is 23.1 Å². The quantitative estimate of drug-likeness (QED) is 0.321. The Hall–Kier alpha value is -4.37. The molecule has 0 saturated heterocycles. The number of carbonyl (C=O) groups is 3. The van der Waals surface area contributed by atoms with E-state index < -0.39 is 23.8 Å². The van der Waals surface area contributed by atoms with Crippen molar-refractivity contribution < 1.29 is 37.4 Å². The second-order valence-electron chi connectivity index (χ2n) is 9.09. The Kier molecular flexibility index (Phi) is 11.0. The van der Waals surface area contributed by atoms with Crippen molar-refractivity contribution in [1.29, 1.82) is 0 Å². The lowest BCUT2D eigenvalue weighted by atomic mass is 9.99. The summed E-state index contributed by atoms with van der Waals surface area (Å²) in [4.78, 5) is 53.8. The molecule has 38 heavy (non-hydrogen) atoms. The fourth-order valence-corrected chi connectivity index (χ4v) is 2.47. The maximum atomic E-state index is 12.7. The number of hydrogen-bond donors (Lipinski definition) is 5. The third-order valence-electron chi connectivity index (χ3n) is 4.41. The SMILES string of the molecule is Cc1nc(N)ccc1CNC(=O)Cn1c(C)cnc(NNC(=O)OCC(C)(C)C)c1=O.O=C(O)C(F)(F)F. The van der Waals surface area contributed by atoms with Gasteiger partial charge in [0.15, 0.2) is 0 Å². The summed E-state index contributed by atoms with van der Waals surface area (Å²) in [5.74, 6) is -2.85. The molecule has 0 aliphatic rings. The first-order chi connectivity index (χ1) is 17.4. The molecule has 0 unspecified atom stereocenters. The van der Waals surface area contributed by atoms with Crippen LogP contribution in [-0.4, -0.2) is 50.4 Å². The Morgan fingerprint density at radius 1 is 1.16 bits per heavy atom. The molecule has 0 aromatic carbocycles. The van der Waals surface area contributed by atoms with Crippen LogP contribution in [0.25, 0.3) is 0 Å². The van der Waals surface area contributed by atoms with Crippen LogP contribution in [0.1, 0.15) is 37.7 Å². The van der Waals surface area contributed by atoms with Crippen LogP contribution in [-0.2, 0) is 27.4 Å². The predicted molar refractivity (Wildman–Crippen MR) is 130 cm³/mol. The molecule has 0 bridgehead atoms. The lowest BCUT2D eigenvalue weighted by Gasteiger charge is -2.18. The molecule has 13 nitrogen and oxygen atoms in total. The molecule has 0 aliphatic carbocycles. The van der Waals surface area contributed by atoms with Crippen LogP contribution in [0.2, 0.25) is 0 Å². The normalized spacial score (nSPS) is 11.1. The molecule has 2 rings (SSSR count). The van der Waals surface area contributed by atoms with Crippen molar-refractivity contribution >= 4 is 29.6 Å². The van der Waals surface area contributed by atoms with E-state index >= 15 is 0 Å². The van der Waals surface area contributed by atoms with Crippen molar-refractivity contribution in [2.24, 2.45) is 5.41 Å². The first-order valence-corrected chi connectivity index (χ1v) is 10.9. The van der Waals surface area contributed by atoms with Crippen molar-refractivity contribution in [3.05, 3.63) is 45.6 Å². The number of carbonyl (C=O) groups excluding carboxylic acids is 2. The minimum atomic E-state index is -5.08. The van der Waals surface area contributed by atoms with E-state index in [2.05, 4.69) is 26.1 Å². The molecular weight excluding hydrogens is 515 g/mol. The van der Waals surface area contributed by atoms with Crippen LogP contribution < -0.4 is 27.5 Å². The number of hydrazine groups is 1. The van der Waals surface area contributed by atoms with Gasteiger partial charge in [0.05, 0.1) is 6.61 Å². The first kappa shape index (κ1) is 31.7. The zero-order valence-electron chi connectivity index (χ0n) is 21.4. The summed E-state index contributed by atoms with van der Waals surface area (Å²) in [6.45, 7) is 9.46. The number of nitrogens with one attached hydrogen (secondary N) is 3. The van der Waals surface area contributed by atoms with Crippen LogP contribution in [0.5, 0.6) is 0 Å². The number of carboxylic acid groups (broad SMARTS) is 1. The Labute approximate surface area is 215 Å². The average molecular weight is 546 g/mol. The molecule has 0 atom stereocenters. The van der Waals surface area contributed by atoms with Crippen molar-refractivity contribution in [1.82, 2.24) is 25.3 Å². The summed E-state index contributed by atoms with van der Waals surface area (Å²) in [7, 11) is 0. The molecule has 2 amide bonds. The van der Waals surface area contributed by atoms with E-state index in [-0.39, 0.29) is 36.8 Å². The van der Waals surface area contributed by atoms with Gasteiger partial charge in [-0.15, -0.1) is 0 Å². The van der Waals surface area contributed by atoms with Gasteiger partial charge in [0, 0.05) is 24.1 Å². The van der Waals surface area contributed by atoms with Crippen molar-refractivity contribution in [3.8, 4) is 0 Å². The number of aryl methyl sites for hydroxylation is 2. The summed E-state index contributed by atoms with van der Waals surface area (Å²) in [5, 5.41) is 9.88. The van der Waals surface area contributed by atoms with Gasteiger partial charge in [0.25, 0.3) is 5.56 Å². The number of ether oxygens (including phenoxy) is 1. The number of aliphatic carboxylic acids is 1. The fourth-order valence-electron chi connectivity index (χ4n) is 2.47. The number of amides is 2. The molecule has 2 aromatic rings. The molecule has 2 heterocycles. The maximum Gasteiger partial charge on any atom is 0.490 e. The monoisotopic (exact) mass is 545 g/mol. The molecule has 0 radical (unpaired) electrons. The third-order valence-corrected chi connectivity index (χ3v) is 4.41. The molecule has 0 spiro atoms. The number of aromatic nitrogens is 3. The summed E-state index contributed by atoms with van der Waals surface area (Å²) in [6, 6.07) is 3.44. The van der Waals surface area contributed by atoms with Crippen LogP contribution in [0, 0.1) is 19.3 Å². The van der Waals surface area contributed by atoms with E-state index in [1.807, 2.05) is 20.8 Å². The van der Waals surface area contributed by atoms with Gasteiger partial charge in [-0.2, -0.15) is 13.2 Å². The topological polar surface area (TPSA) is 191 Å². The number of carboxylic acids is 1. The van der Waals surface area contributed by atoms with Gasteiger partial charge in [-0.05, 0) is 30.9 Å². The van der Waals surface area contributed by atoms with Crippen LogP contribution in [0.4, 0.5) is 29.6 Å². The number of nitrogen functional groups attached to an aromatic ring is 1. The van der Waals surface area contributed by atoms with Gasteiger partial charge >= 0.3 is 18.2 Å². The number of pyridine rings is 1. The standard InChI is InChI=1S/C20H29N7O4.C2HF3O2/c1-12-8-23-17(25-26-19(30)31-11-20(3,4)5)18(29)27(12)10-16(28)22-9-14-6-7-15(21)24-13(14)2;3-2(4,5)1(6)7/h6-8H,9-11H2,1-5H3,(H2,21,24)(H,22,28)(H,23,25)(H,26,30);(H,6,7). The van der Waals surface area contributed by atoms with Crippen molar-refractivity contribution in [3.63, 3.8) is 0 Å². The number of hydrogen-bond acceptors (Lipinski definition) is 9. The Morgan fingerprint density at radius 3 is 2.29 bits per heavy atom. The minimum Gasteiger partial charge on any atom is -0.475 e. The second-order valence-corrected chi connectivity index (χ2v) is 9.09. The number of nitrogens with two attached hydrogens (primary N) is 1. The van der Waals surface area contributed by atoms with E-state index in [1.165, 1.54) is 10.8 Å². The first-order valence-electron chi connectivity index (χ1n) is 10.9. The number of alkyl halides is 3. The van der Waals surface area contributed by atoms with Crippen LogP contribution in [0.3, 0.4) is 0 Å². The number of anilines is 2. The minimum absolute atomic E-state index is 0.135. The second kappa shape index (κ2) is 13.3. The largest absolute Gasteiger partial charge is 0.490 e. The van der Waals surface area contributed by atoms with Gasteiger partial charge in [0.1, 0.15) is 12.4 Å². The summed E-state index contributed by atoms with van der Waals surface area (Å²) in [5.41, 5.74) is 11.6. The van der Waals surface area contributed by atoms with Crippen molar-refractivity contribution in [2.45, 2.75) is 53.9 Å². The summed E-state index contributed by atoms with van der Waals surface area (Å²) < 4.78 is 38.0. The van der Waals surface area contributed by atoms with Gasteiger partial charge in [0.2, 0.25) is 11.7 Å². The summed E-state index contributed by atoms with van der Waals surface area (Å²) in [6.07, 6.45) is -4.40. The van der Waals surface area contributed by atoms with Gasteiger partial charge in [-0.25, -0.2) is 25.0 Å². The smallest absolute Gasteiger partial charge is 0.475 e. The number of nitrogens with zero attached hydrogens (tertiary/aromatic N) is 3. The van der Waals surface area contributed by atoms with Crippen LogP contribution >= 0.6 is 0 Å². The molecule has 0 fully saturated rings. The highest BCUT2D eigenvalue weighted by atomic mass is 19.4. The molecule has 0 saturated carbocycles. The number of rotatable bonds is 7. The highest BCUT2D eigenvalue weighted by Gasteiger charge is 2.38. The van der Waals surface area contributed by atoms with E-state index in [1.54, 1.807) is 26.0 Å². The highest BCUT2D eigenvalue weighted by molar-refractivity contribution is 5.76. The highest BCUT2D eigenvalue weighted by Crippen LogP contribution is 2.13. The maximum absolute atomic E-state index is 12.7. The average Bonchev–Trinajstić information content (AvgIpc) is 2.78. The number of halogens is 3.